The van der Waals surface area contributed by atoms with Crippen molar-refractivity contribution in [1.29, 1.82) is 0 Å². The van der Waals surface area contributed by atoms with Gasteiger partial charge < -0.3 is 25.5 Å². The first-order valence-electron chi connectivity index (χ1n) is 5.24. The summed E-state index contributed by atoms with van der Waals surface area (Å²) in [6.45, 7) is -3.14. The Kier molecular flexibility index (Phi) is 6.76. The van der Waals surface area contributed by atoms with Gasteiger partial charge in [-0.3, -0.25) is 4.79 Å². The minimum Gasteiger partial charge on any atom is -0.481 e. The van der Waals surface area contributed by atoms with Crippen LogP contribution in [0.5, 0.6) is 0 Å². The molecular weight excluding hydrogens is 289 g/mol. The van der Waals surface area contributed by atoms with Crippen LogP contribution in [-0.2, 0) is 9.59 Å². The summed E-state index contributed by atoms with van der Waals surface area (Å²) in [4.78, 5) is 32.6. The van der Waals surface area contributed by atoms with Crippen molar-refractivity contribution in [1.82, 2.24) is 10.2 Å². The number of nitrogens with one attached hydrogen (secondary N) is 1. The molecule has 4 N–H and O–H groups in total. The minimum atomic E-state index is -4.74. The molecule has 8 nitrogen and oxygen atoms in total. The number of carboxylic acids is 2. The largest absolute Gasteiger partial charge is 0.481 e. The third-order valence-corrected chi connectivity index (χ3v) is 2.00. The zero-order valence-electron chi connectivity index (χ0n) is 10.1. The number of urea groups is 1. The molecule has 0 fully saturated rings. The number of carboxylic acid groups (broad SMARTS) is 2. The Balaban J connectivity index is 4.79. The van der Waals surface area contributed by atoms with E-state index < -0.39 is 56.3 Å². The molecule has 0 aliphatic rings. The predicted molar refractivity (Wildman–Crippen MR) is 56.9 cm³/mol. The molecule has 0 aliphatic carbocycles. The van der Waals surface area contributed by atoms with Gasteiger partial charge in [0.15, 0.2) is 0 Å². The van der Waals surface area contributed by atoms with E-state index in [9.17, 15) is 27.6 Å². The molecule has 0 rings (SSSR count). The third-order valence-electron chi connectivity index (χ3n) is 2.00. The second-order valence-electron chi connectivity index (χ2n) is 3.70. The smallest absolute Gasteiger partial charge is 0.406 e. The van der Waals surface area contributed by atoms with Crippen LogP contribution in [0.3, 0.4) is 0 Å². The molecule has 0 aromatic carbocycles. The molecule has 0 aromatic heterocycles. The van der Waals surface area contributed by atoms with Crippen molar-refractivity contribution in [3.05, 3.63) is 0 Å². The van der Waals surface area contributed by atoms with Gasteiger partial charge in [0.05, 0.1) is 13.0 Å². The molecule has 0 heterocycles. The summed E-state index contributed by atoms with van der Waals surface area (Å²) >= 11 is 0. The summed E-state index contributed by atoms with van der Waals surface area (Å²) in [6.07, 6.45) is -5.72. The molecule has 0 radical (unpaired) electrons. The van der Waals surface area contributed by atoms with Crippen molar-refractivity contribution in [3.8, 4) is 0 Å². The molecule has 116 valence electrons. The Hall–Kier alpha value is -2.04. The molecule has 0 bridgehead atoms. The molecular formula is C9H13F3N2O6. The first-order valence-corrected chi connectivity index (χ1v) is 5.24. The fraction of sp³-hybridized carbons (Fsp3) is 0.667. The molecule has 0 saturated heterocycles. The number of alkyl halides is 3. The molecule has 0 saturated carbocycles. The highest BCUT2D eigenvalue weighted by atomic mass is 19.4. The van der Waals surface area contributed by atoms with Gasteiger partial charge in [0.2, 0.25) is 0 Å². The Bertz CT molecular complexity index is 373. The summed E-state index contributed by atoms with van der Waals surface area (Å²) in [5, 5.41) is 27.3. The van der Waals surface area contributed by atoms with E-state index >= 15 is 0 Å². The van der Waals surface area contributed by atoms with E-state index in [2.05, 4.69) is 0 Å². The lowest BCUT2D eigenvalue weighted by molar-refractivity contribution is -0.146. The second-order valence-corrected chi connectivity index (χ2v) is 3.70. The second kappa shape index (κ2) is 7.53. The monoisotopic (exact) mass is 302 g/mol. The average Bonchev–Trinajstić information content (AvgIpc) is 2.24. The van der Waals surface area contributed by atoms with Gasteiger partial charge >= 0.3 is 24.1 Å². The number of carbonyl (C=O) groups is 3. The number of hydrogen-bond acceptors (Lipinski definition) is 4. The number of aliphatic hydroxyl groups is 1. The first kappa shape index (κ1) is 18.0. The van der Waals surface area contributed by atoms with Crippen LogP contribution >= 0.6 is 0 Å². The van der Waals surface area contributed by atoms with Crippen LogP contribution in [0.4, 0.5) is 18.0 Å². The maximum Gasteiger partial charge on any atom is 0.406 e. The van der Waals surface area contributed by atoms with E-state index in [0.29, 0.717) is 0 Å². The number of halogens is 3. The number of rotatable bonds is 7. The van der Waals surface area contributed by atoms with Crippen molar-refractivity contribution in [3.63, 3.8) is 0 Å². The van der Waals surface area contributed by atoms with Crippen LogP contribution in [0.25, 0.3) is 0 Å². The number of nitrogens with zero attached hydrogens (tertiary/aromatic N) is 1. The highest BCUT2D eigenvalue weighted by molar-refractivity contribution is 5.86. The number of aliphatic hydroxyl groups excluding tert-OH is 1. The highest BCUT2D eigenvalue weighted by Gasteiger charge is 2.34. The van der Waals surface area contributed by atoms with Gasteiger partial charge in [0.25, 0.3) is 0 Å². The van der Waals surface area contributed by atoms with Crippen LogP contribution in [0.1, 0.15) is 6.42 Å². The molecule has 0 aliphatic heterocycles. The van der Waals surface area contributed by atoms with E-state index in [1.807, 2.05) is 0 Å². The third kappa shape index (κ3) is 7.41. The van der Waals surface area contributed by atoms with Crippen molar-refractivity contribution in [2.75, 3.05) is 19.7 Å². The molecule has 11 heteroatoms. The van der Waals surface area contributed by atoms with Crippen molar-refractivity contribution >= 4 is 18.0 Å². The molecule has 2 amide bonds. The van der Waals surface area contributed by atoms with Crippen LogP contribution in [-0.4, -0.2) is 70.1 Å². The van der Waals surface area contributed by atoms with E-state index in [0.717, 1.165) is 0 Å². The average molecular weight is 302 g/mol. The first-order chi connectivity index (χ1) is 9.06. The SMILES string of the molecule is O=C(O)CC(NC(=O)N(CCO)CC(F)(F)F)C(=O)O. The normalized spacial score (nSPS) is 12.6. The summed E-state index contributed by atoms with van der Waals surface area (Å²) in [5.41, 5.74) is 0. The molecule has 20 heavy (non-hydrogen) atoms. The Morgan fingerprint density at radius 1 is 1.20 bits per heavy atom. The maximum atomic E-state index is 12.2. The summed E-state index contributed by atoms with van der Waals surface area (Å²) < 4.78 is 36.5. The van der Waals surface area contributed by atoms with E-state index in [-0.39, 0.29) is 4.90 Å². The van der Waals surface area contributed by atoms with Gasteiger partial charge in [0.1, 0.15) is 12.6 Å². The van der Waals surface area contributed by atoms with Crippen LogP contribution in [0.15, 0.2) is 0 Å². The van der Waals surface area contributed by atoms with Gasteiger partial charge in [-0.15, -0.1) is 0 Å². The topological polar surface area (TPSA) is 127 Å². The molecule has 0 spiro atoms. The van der Waals surface area contributed by atoms with E-state index in [4.69, 9.17) is 15.3 Å². The Morgan fingerprint density at radius 2 is 1.75 bits per heavy atom. The molecule has 0 aromatic rings. The van der Waals surface area contributed by atoms with Crippen LogP contribution in [0, 0.1) is 0 Å². The summed E-state index contributed by atoms with van der Waals surface area (Å²) in [7, 11) is 0. The van der Waals surface area contributed by atoms with E-state index in [1.165, 1.54) is 0 Å². The quantitative estimate of drug-likeness (QED) is 0.501. The molecule has 1 atom stereocenters. The lowest BCUT2D eigenvalue weighted by atomic mass is 10.2. The van der Waals surface area contributed by atoms with Gasteiger partial charge in [0, 0.05) is 6.54 Å². The van der Waals surface area contributed by atoms with E-state index in [1.54, 1.807) is 5.32 Å². The minimum absolute atomic E-state index is 0.137. The zero-order valence-corrected chi connectivity index (χ0v) is 10.1. The highest BCUT2D eigenvalue weighted by Crippen LogP contribution is 2.16. The van der Waals surface area contributed by atoms with Gasteiger partial charge in [-0.25, -0.2) is 9.59 Å². The zero-order chi connectivity index (χ0) is 15.9. The lowest BCUT2D eigenvalue weighted by Gasteiger charge is -2.25. The van der Waals surface area contributed by atoms with Gasteiger partial charge in [-0.05, 0) is 0 Å². The molecule has 1 unspecified atom stereocenters. The van der Waals surface area contributed by atoms with Crippen molar-refractivity contribution in [2.45, 2.75) is 18.6 Å². The Labute approximate surface area is 110 Å². The Morgan fingerprint density at radius 3 is 2.10 bits per heavy atom. The van der Waals surface area contributed by atoms with Gasteiger partial charge in [-0.1, -0.05) is 0 Å². The summed E-state index contributed by atoms with van der Waals surface area (Å²) in [6, 6.07) is -3.29. The maximum absolute atomic E-state index is 12.2. The lowest BCUT2D eigenvalue weighted by Crippen LogP contribution is -2.51. The summed E-state index contributed by atoms with van der Waals surface area (Å²) in [5.74, 6) is -3.24. The number of aliphatic carboxylic acids is 2. The predicted octanol–water partition coefficient (Wildman–Crippen LogP) is -0.520. The van der Waals surface area contributed by atoms with Crippen LogP contribution in [0.2, 0.25) is 0 Å². The van der Waals surface area contributed by atoms with Crippen molar-refractivity contribution in [2.24, 2.45) is 0 Å². The van der Waals surface area contributed by atoms with Gasteiger partial charge in [-0.2, -0.15) is 13.2 Å². The number of hydrogen-bond donors (Lipinski definition) is 4. The standard InChI is InChI=1S/C9H13F3N2O6/c10-9(11,12)4-14(1-2-15)8(20)13-5(7(18)19)3-6(16)17/h5,15H,1-4H2,(H,13,20)(H,16,17)(H,18,19). The van der Waals surface area contributed by atoms with Crippen LogP contribution < -0.4 is 5.32 Å². The van der Waals surface area contributed by atoms with Crippen molar-refractivity contribution < 1.29 is 42.9 Å². The fourth-order valence-electron chi connectivity index (χ4n) is 1.20. The number of amides is 2. The fourth-order valence-corrected chi connectivity index (χ4v) is 1.20. The number of carbonyl (C=O) groups excluding carboxylic acids is 1.